The molecule has 1 heterocycles. The van der Waals surface area contributed by atoms with E-state index in [9.17, 15) is 14.4 Å². The molecule has 0 saturated heterocycles. The zero-order valence-electron chi connectivity index (χ0n) is 22.8. The van der Waals surface area contributed by atoms with Crippen molar-refractivity contribution in [3.63, 3.8) is 0 Å². The average Bonchev–Trinajstić information content (AvgIpc) is 3.24. The van der Waals surface area contributed by atoms with Gasteiger partial charge in [0, 0.05) is 36.4 Å². The Balaban J connectivity index is 1.75. The molecule has 0 bridgehead atoms. The van der Waals surface area contributed by atoms with E-state index in [2.05, 4.69) is 5.32 Å². The molecule has 3 aromatic carbocycles. The Morgan fingerprint density at radius 1 is 0.872 bits per heavy atom. The maximum atomic E-state index is 13.7. The fraction of sp³-hybridized carbons (Fsp3) is 0.258. The van der Waals surface area contributed by atoms with Crippen molar-refractivity contribution in [3.05, 3.63) is 90.0 Å². The summed E-state index contributed by atoms with van der Waals surface area (Å²) in [5.74, 6) is -0.405. The van der Waals surface area contributed by atoms with Crippen molar-refractivity contribution in [2.24, 2.45) is 0 Å². The van der Waals surface area contributed by atoms with E-state index in [1.54, 1.807) is 24.0 Å². The van der Waals surface area contributed by atoms with E-state index in [0.29, 0.717) is 35.5 Å². The third-order valence-electron chi connectivity index (χ3n) is 6.42. The van der Waals surface area contributed by atoms with Crippen LogP contribution in [-0.4, -0.2) is 56.6 Å². The smallest absolute Gasteiger partial charge is 0.421 e. The lowest BCUT2D eigenvalue weighted by Crippen LogP contribution is -2.36. The molecule has 8 heteroatoms. The molecule has 0 unspecified atom stereocenters. The van der Waals surface area contributed by atoms with Gasteiger partial charge in [0.05, 0.1) is 23.6 Å². The Morgan fingerprint density at radius 3 is 2.18 bits per heavy atom. The van der Waals surface area contributed by atoms with E-state index in [0.717, 1.165) is 28.4 Å². The van der Waals surface area contributed by atoms with Crippen molar-refractivity contribution < 1.29 is 19.1 Å². The van der Waals surface area contributed by atoms with Gasteiger partial charge in [-0.1, -0.05) is 55.5 Å². The summed E-state index contributed by atoms with van der Waals surface area (Å²) in [7, 11) is 3.96. The number of amides is 3. The van der Waals surface area contributed by atoms with Gasteiger partial charge in [-0.15, -0.1) is 0 Å². The Kier molecular flexibility index (Phi) is 8.78. The first-order valence-corrected chi connectivity index (χ1v) is 13.1. The van der Waals surface area contributed by atoms with Gasteiger partial charge in [0.2, 0.25) is 5.91 Å². The second-order valence-corrected chi connectivity index (χ2v) is 9.35. The number of nitrogens with one attached hydrogen (secondary N) is 1. The zero-order chi connectivity index (χ0) is 27.9. The lowest BCUT2D eigenvalue weighted by atomic mass is 10.00. The van der Waals surface area contributed by atoms with Crippen molar-refractivity contribution in [1.82, 2.24) is 4.90 Å². The van der Waals surface area contributed by atoms with Gasteiger partial charge >= 0.3 is 6.09 Å². The average molecular weight is 527 g/mol. The molecule has 3 aromatic rings. The van der Waals surface area contributed by atoms with Crippen LogP contribution in [0.25, 0.3) is 11.3 Å². The lowest BCUT2D eigenvalue weighted by molar-refractivity contribution is -0.118. The summed E-state index contributed by atoms with van der Waals surface area (Å²) in [6.45, 7) is 5.05. The normalized spacial score (nSPS) is 13.8. The molecule has 0 saturated carbocycles. The third-order valence-corrected chi connectivity index (χ3v) is 6.42. The minimum atomic E-state index is -0.708. The highest BCUT2D eigenvalue weighted by molar-refractivity contribution is 6.43. The summed E-state index contributed by atoms with van der Waals surface area (Å²) in [5.41, 5.74) is 4.40. The summed E-state index contributed by atoms with van der Waals surface area (Å²) in [4.78, 5) is 44.1. The standard InChI is InChI=1S/C31H34N4O4/c1-5-27(36)34(21-20-33(3)4)24-18-16-23(17-19-24)32-29(22-12-8-7-9-13-22)28-25-14-10-11-15-26(25)35(30(28)37)31(38)39-6-2/h7-19,32H,5-6,20-21H2,1-4H3/b29-28-. The molecule has 4 rings (SSSR count). The molecular formula is C31H34N4O4. The Hall–Kier alpha value is -4.43. The predicted molar refractivity (Wildman–Crippen MR) is 155 cm³/mol. The zero-order valence-corrected chi connectivity index (χ0v) is 22.8. The predicted octanol–water partition coefficient (Wildman–Crippen LogP) is 5.47. The summed E-state index contributed by atoms with van der Waals surface area (Å²) in [5, 5.41) is 3.43. The molecule has 0 aromatic heterocycles. The van der Waals surface area contributed by atoms with Gasteiger partial charge in [0.15, 0.2) is 0 Å². The molecule has 0 radical (unpaired) electrons. The molecule has 39 heavy (non-hydrogen) atoms. The number of benzene rings is 3. The number of imide groups is 1. The van der Waals surface area contributed by atoms with Crippen LogP contribution in [0, 0.1) is 0 Å². The van der Waals surface area contributed by atoms with E-state index in [-0.39, 0.29) is 12.5 Å². The highest BCUT2D eigenvalue weighted by Crippen LogP contribution is 2.41. The third kappa shape index (κ3) is 6.02. The van der Waals surface area contributed by atoms with Crippen LogP contribution < -0.4 is 15.1 Å². The highest BCUT2D eigenvalue weighted by Gasteiger charge is 2.39. The number of para-hydroxylation sites is 1. The van der Waals surface area contributed by atoms with Crippen molar-refractivity contribution in [2.75, 3.05) is 48.9 Å². The first kappa shape index (κ1) is 27.6. The van der Waals surface area contributed by atoms with E-state index >= 15 is 0 Å². The maximum absolute atomic E-state index is 13.7. The molecule has 1 N–H and O–H groups in total. The molecule has 1 aliphatic heterocycles. The van der Waals surface area contributed by atoms with Crippen LogP contribution in [0.15, 0.2) is 78.9 Å². The second-order valence-electron chi connectivity index (χ2n) is 9.35. The van der Waals surface area contributed by atoms with Crippen LogP contribution in [0.5, 0.6) is 0 Å². The number of hydrogen-bond acceptors (Lipinski definition) is 6. The number of likely N-dealkylation sites (N-methyl/N-ethyl adjacent to an activating group) is 1. The van der Waals surface area contributed by atoms with Gasteiger partial charge in [-0.05, 0) is 56.9 Å². The van der Waals surface area contributed by atoms with Crippen molar-refractivity contribution >= 4 is 46.2 Å². The Labute approximate surface area is 229 Å². The van der Waals surface area contributed by atoms with Crippen molar-refractivity contribution in [3.8, 4) is 0 Å². The molecule has 0 atom stereocenters. The van der Waals surface area contributed by atoms with Gasteiger partial charge in [-0.3, -0.25) is 9.59 Å². The molecule has 0 spiro atoms. The van der Waals surface area contributed by atoms with Gasteiger partial charge < -0.3 is 19.9 Å². The van der Waals surface area contributed by atoms with Gasteiger partial charge in [-0.2, -0.15) is 0 Å². The number of hydrogen-bond donors (Lipinski definition) is 1. The topological polar surface area (TPSA) is 82.2 Å². The number of carbonyl (C=O) groups is 3. The molecule has 0 aliphatic carbocycles. The molecule has 0 fully saturated rings. The van der Waals surface area contributed by atoms with Gasteiger partial charge in [0.1, 0.15) is 0 Å². The number of carbonyl (C=O) groups excluding carboxylic acids is 3. The highest BCUT2D eigenvalue weighted by atomic mass is 16.6. The molecule has 8 nitrogen and oxygen atoms in total. The van der Waals surface area contributed by atoms with Crippen LogP contribution in [0.2, 0.25) is 0 Å². The molecule has 3 amide bonds. The number of rotatable bonds is 9. The minimum absolute atomic E-state index is 0.0527. The first-order chi connectivity index (χ1) is 18.8. The summed E-state index contributed by atoms with van der Waals surface area (Å²) < 4.78 is 5.19. The minimum Gasteiger partial charge on any atom is -0.449 e. The van der Waals surface area contributed by atoms with E-state index < -0.39 is 12.0 Å². The largest absolute Gasteiger partial charge is 0.449 e. The quantitative estimate of drug-likeness (QED) is 0.372. The number of nitrogens with zero attached hydrogens (tertiary/aromatic N) is 3. The van der Waals surface area contributed by atoms with Crippen LogP contribution in [0.1, 0.15) is 31.4 Å². The fourth-order valence-electron chi connectivity index (χ4n) is 4.47. The lowest BCUT2D eigenvalue weighted by Gasteiger charge is -2.24. The Morgan fingerprint density at radius 2 is 1.54 bits per heavy atom. The first-order valence-electron chi connectivity index (χ1n) is 13.1. The van der Waals surface area contributed by atoms with E-state index in [1.165, 1.54) is 0 Å². The van der Waals surface area contributed by atoms with Crippen LogP contribution in [0.3, 0.4) is 0 Å². The van der Waals surface area contributed by atoms with Crippen LogP contribution >= 0.6 is 0 Å². The van der Waals surface area contributed by atoms with E-state index in [1.807, 2.05) is 92.6 Å². The van der Waals surface area contributed by atoms with Crippen LogP contribution in [-0.2, 0) is 14.3 Å². The van der Waals surface area contributed by atoms with Crippen molar-refractivity contribution in [1.29, 1.82) is 0 Å². The number of fused-ring (bicyclic) bond motifs is 1. The number of ether oxygens (including phenoxy) is 1. The summed E-state index contributed by atoms with van der Waals surface area (Å²) >= 11 is 0. The SMILES string of the molecule is CCOC(=O)N1C(=O)/C(=C(\Nc2ccc(N(CCN(C)C)C(=O)CC)cc2)c2ccccc2)c2ccccc21. The molecular weight excluding hydrogens is 492 g/mol. The fourth-order valence-corrected chi connectivity index (χ4v) is 4.47. The monoisotopic (exact) mass is 526 g/mol. The molecule has 202 valence electrons. The van der Waals surface area contributed by atoms with Gasteiger partial charge in [0.25, 0.3) is 5.91 Å². The molecule has 1 aliphatic rings. The van der Waals surface area contributed by atoms with Crippen molar-refractivity contribution in [2.45, 2.75) is 20.3 Å². The summed E-state index contributed by atoms with van der Waals surface area (Å²) in [6, 6.07) is 24.3. The second kappa shape index (κ2) is 12.4. The van der Waals surface area contributed by atoms with Crippen LogP contribution in [0.4, 0.5) is 21.9 Å². The number of anilines is 3. The summed E-state index contributed by atoms with van der Waals surface area (Å²) in [6.07, 6.45) is -0.295. The van der Waals surface area contributed by atoms with E-state index in [4.69, 9.17) is 4.74 Å². The van der Waals surface area contributed by atoms with Gasteiger partial charge in [-0.25, -0.2) is 9.69 Å². The maximum Gasteiger partial charge on any atom is 0.421 e. The Bertz CT molecular complexity index is 1370.